The molecule has 2 unspecified atom stereocenters. The highest BCUT2D eigenvalue weighted by molar-refractivity contribution is 8.00. The van der Waals surface area contributed by atoms with Crippen molar-refractivity contribution in [2.75, 3.05) is 26.6 Å². The summed E-state index contributed by atoms with van der Waals surface area (Å²) in [7, 11) is 2.69. The summed E-state index contributed by atoms with van der Waals surface area (Å²) in [4.78, 5) is 40.0. The zero-order valence-corrected chi connectivity index (χ0v) is 23.9. The maximum Gasteiger partial charge on any atom is 0.357 e. The molecule has 1 aromatic carbocycles. The number of hydrogen-bond acceptors (Lipinski definition) is 13. The Kier molecular flexibility index (Phi) is 8.12. The number of allylic oxidation sites excluding steroid dienone is 1. The van der Waals surface area contributed by atoms with E-state index < -0.39 is 22.2 Å². The van der Waals surface area contributed by atoms with E-state index in [1.165, 1.54) is 43.4 Å². The van der Waals surface area contributed by atoms with Crippen LogP contribution in [0.4, 0.5) is 0 Å². The molecule has 1 aliphatic heterocycles. The van der Waals surface area contributed by atoms with Gasteiger partial charge in [0.2, 0.25) is 0 Å². The fourth-order valence-corrected chi connectivity index (χ4v) is 7.12. The van der Waals surface area contributed by atoms with Crippen LogP contribution in [0, 0.1) is 13.8 Å². The van der Waals surface area contributed by atoms with Crippen LogP contribution in [0.1, 0.15) is 62.5 Å². The van der Waals surface area contributed by atoms with Crippen LogP contribution < -0.4 is 4.74 Å². The minimum atomic E-state index is -1.54. The van der Waals surface area contributed by atoms with Crippen LogP contribution in [-0.4, -0.2) is 65.0 Å². The molecule has 13 heteroatoms. The predicted molar refractivity (Wildman–Crippen MR) is 146 cm³/mol. The van der Waals surface area contributed by atoms with Gasteiger partial charge >= 0.3 is 11.9 Å². The van der Waals surface area contributed by atoms with E-state index in [1.54, 1.807) is 44.5 Å². The van der Waals surface area contributed by atoms with Gasteiger partial charge in [-0.05, 0) is 38.7 Å². The van der Waals surface area contributed by atoms with Crippen LogP contribution >= 0.6 is 23.1 Å². The molecule has 3 heterocycles. The number of methoxy groups -OCH3 is 2. The highest BCUT2D eigenvalue weighted by Crippen LogP contribution is 2.61. The number of phenolic OH excluding ortho intramolecular Hbond substituents is 1. The van der Waals surface area contributed by atoms with Gasteiger partial charge in [-0.1, -0.05) is 12.1 Å². The van der Waals surface area contributed by atoms with Crippen LogP contribution in [0.5, 0.6) is 11.5 Å². The molecule has 0 saturated heterocycles. The number of thioether (sulfide) groups is 1. The first-order chi connectivity index (χ1) is 18.7. The highest BCUT2D eigenvalue weighted by Gasteiger charge is 2.62. The molecule has 0 fully saturated rings. The number of benzene rings is 1. The molecule has 0 bridgehead atoms. The molecule has 2 aromatic heterocycles. The fourth-order valence-electron chi connectivity index (χ4n) is 4.65. The number of phenols is 1. The molecule has 2 atom stereocenters. The Labute approximate surface area is 233 Å². The molecular formula is C26H28N4O7S2. The second-order valence-corrected chi connectivity index (χ2v) is 10.7. The van der Waals surface area contributed by atoms with E-state index in [0.29, 0.717) is 22.1 Å². The second kappa shape index (κ2) is 11.2. The van der Waals surface area contributed by atoms with Crippen LogP contribution in [0.25, 0.3) is 0 Å². The number of hydrogen-bond donors (Lipinski definition) is 1. The summed E-state index contributed by atoms with van der Waals surface area (Å²) < 4.78 is 20.1. The smallest absolute Gasteiger partial charge is 0.357 e. The van der Waals surface area contributed by atoms with Crippen LogP contribution in [0.3, 0.4) is 0 Å². The summed E-state index contributed by atoms with van der Waals surface area (Å²) in [6.45, 7) is 7.16. The van der Waals surface area contributed by atoms with Crippen LogP contribution in [-0.2, 0) is 19.8 Å². The predicted octanol–water partition coefficient (Wildman–Crippen LogP) is 4.35. The monoisotopic (exact) mass is 572 g/mol. The van der Waals surface area contributed by atoms with Crippen molar-refractivity contribution in [3.8, 4) is 11.5 Å². The molecule has 1 aliphatic rings. The molecule has 0 radical (unpaired) electrons. The third-order valence-corrected chi connectivity index (χ3v) is 8.60. The van der Waals surface area contributed by atoms with E-state index in [4.69, 9.17) is 23.7 Å². The van der Waals surface area contributed by atoms with Gasteiger partial charge in [-0.3, -0.25) is 4.99 Å². The lowest BCUT2D eigenvalue weighted by Crippen LogP contribution is -2.46. The standard InChI is InChI=1S/C26H28N4O7S2/c1-7-36-21(32)16-13-38-24(29-16)25(10-9-11-27-25)26(39-8-2,23-28-15(4)30-37-23)20-17(31)12-18(34-5)14(3)19(20)22(33)35-6/h9-13,31H,7-8H2,1-6H3. The first-order valence-corrected chi connectivity index (χ1v) is 13.9. The van der Waals surface area contributed by atoms with Crippen LogP contribution in [0.2, 0.25) is 0 Å². The van der Waals surface area contributed by atoms with Crippen molar-refractivity contribution in [1.29, 1.82) is 0 Å². The first-order valence-electron chi connectivity index (χ1n) is 12.0. The van der Waals surface area contributed by atoms with Gasteiger partial charge in [0.1, 0.15) is 16.5 Å². The number of carbonyl (C=O) groups excluding carboxylic acids is 2. The zero-order chi connectivity index (χ0) is 28.4. The van der Waals surface area contributed by atoms with Crippen molar-refractivity contribution >= 4 is 41.3 Å². The topological polar surface area (TPSA) is 146 Å². The second-order valence-electron chi connectivity index (χ2n) is 8.39. The van der Waals surface area contributed by atoms with Crippen molar-refractivity contribution in [1.82, 2.24) is 15.1 Å². The number of aryl methyl sites for hydroxylation is 1. The Morgan fingerprint density at radius 3 is 2.54 bits per heavy atom. The molecule has 11 nitrogen and oxygen atoms in total. The lowest BCUT2D eigenvalue weighted by molar-refractivity contribution is 0.0519. The Morgan fingerprint density at radius 1 is 1.21 bits per heavy atom. The molecule has 4 rings (SSSR count). The minimum Gasteiger partial charge on any atom is -0.507 e. The Balaban J connectivity index is 2.18. The number of aromatic nitrogens is 3. The van der Waals surface area contributed by atoms with Gasteiger partial charge in [-0.25, -0.2) is 14.6 Å². The molecule has 0 amide bonds. The highest BCUT2D eigenvalue weighted by atomic mass is 32.2. The maximum atomic E-state index is 13.4. The minimum absolute atomic E-state index is 0.0585. The van der Waals surface area contributed by atoms with Crippen molar-refractivity contribution < 1.29 is 33.4 Å². The summed E-state index contributed by atoms with van der Waals surface area (Å²) >= 11 is 2.51. The maximum absolute atomic E-state index is 13.4. The Morgan fingerprint density at radius 2 is 1.97 bits per heavy atom. The number of ether oxygens (including phenoxy) is 3. The van der Waals surface area contributed by atoms with Crippen molar-refractivity contribution in [2.45, 2.75) is 38.0 Å². The van der Waals surface area contributed by atoms with E-state index in [0.717, 1.165) is 0 Å². The van der Waals surface area contributed by atoms with Gasteiger partial charge in [0.05, 0.1) is 26.4 Å². The average Bonchev–Trinajstić information content (AvgIpc) is 3.69. The van der Waals surface area contributed by atoms with E-state index in [-0.39, 0.29) is 40.8 Å². The molecule has 206 valence electrons. The number of rotatable bonds is 10. The lowest BCUT2D eigenvalue weighted by atomic mass is 9.75. The lowest BCUT2D eigenvalue weighted by Gasteiger charge is -2.42. The zero-order valence-electron chi connectivity index (χ0n) is 22.3. The molecule has 0 saturated carbocycles. The Bertz CT molecular complexity index is 1450. The third-order valence-electron chi connectivity index (χ3n) is 6.22. The van der Waals surface area contributed by atoms with E-state index in [9.17, 15) is 14.7 Å². The van der Waals surface area contributed by atoms with Crippen molar-refractivity contribution in [3.63, 3.8) is 0 Å². The van der Waals surface area contributed by atoms with E-state index in [2.05, 4.69) is 15.1 Å². The average molecular weight is 573 g/mol. The fraction of sp³-hybridized carbons (Fsp3) is 0.385. The van der Waals surface area contributed by atoms with Crippen molar-refractivity contribution in [3.05, 3.63) is 62.7 Å². The van der Waals surface area contributed by atoms with Gasteiger partial charge in [0, 0.05) is 28.8 Å². The summed E-state index contributed by atoms with van der Waals surface area (Å²) in [5, 5.41) is 17.6. The molecule has 1 N–H and O–H groups in total. The van der Waals surface area contributed by atoms with Gasteiger partial charge < -0.3 is 23.8 Å². The summed E-state index contributed by atoms with van der Waals surface area (Å²) in [6.07, 6.45) is 5.10. The van der Waals surface area contributed by atoms with Gasteiger partial charge in [0.25, 0.3) is 5.89 Å². The molecule has 39 heavy (non-hydrogen) atoms. The number of nitrogens with zero attached hydrogens (tertiary/aromatic N) is 4. The van der Waals surface area contributed by atoms with Gasteiger partial charge in [-0.15, -0.1) is 23.1 Å². The van der Waals surface area contributed by atoms with E-state index >= 15 is 0 Å². The normalized spacial score (nSPS) is 17.7. The number of carbonyl (C=O) groups is 2. The largest absolute Gasteiger partial charge is 0.507 e. The SMILES string of the molecule is CCOC(=O)c1csc(C2(C(SCC)(c3nc(C)no3)c3c(O)cc(OC)c(C)c3C(=O)OC)C=CC=N2)n1. The quantitative estimate of drug-likeness (QED) is 0.346. The molecule has 0 aliphatic carbocycles. The summed E-state index contributed by atoms with van der Waals surface area (Å²) in [5.74, 6) is -0.396. The van der Waals surface area contributed by atoms with Crippen LogP contribution in [0.15, 0.2) is 33.1 Å². The number of thiazole rings is 1. The van der Waals surface area contributed by atoms with Crippen molar-refractivity contribution in [2.24, 2.45) is 4.99 Å². The number of esters is 2. The van der Waals surface area contributed by atoms with Gasteiger partial charge in [-0.2, -0.15) is 4.98 Å². The molecule has 0 spiro atoms. The summed E-state index contributed by atoms with van der Waals surface area (Å²) in [6, 6.07) is 1.42. The number of aliphatic imine (C=N–C) groups is 1. The van der Waals surface area contributed by atoms with E-state index in [1.807, 2.05) is 6.92 Å². The summed E-state index contributed by atoms with van der Waals surface area (Å²) in [5.41, 5.74) is -0.694. The molecule has 3 aromatic rings. The molecular weight excluding hydrogens is 544 g/mol. The first kappa shape index (κ1) is 28.3. The Hall–Kier alpha value is -3.71. The van der Waals surface area contributed by atoms with Gasteiger partial charge in [0.15, 0.2) is 21.8 Å². The number of aromatic hydroxyl groups is 1. The third kappa shape index (κ3) is 4.48.